The summed E-state index contributed by atoms with van der Waals surface area (Å²) in [6.45, 7) is 3.27. The number of rotatable bonds is 10. The third-order valence-electron chi connectivity index (χ3n) is 5.88. The van der Waals surface area contributed by atoms with Crippen LogP contribution in [0, 0.1) is 6.92 Å². The second kappa shape index (κ2) is 12.1. The van der Waals surface area contributed by atoms with Crippen LogP contribution >= 0.6 is 11.6 Å². The van der Waals surface area contributed by atoms with Gasteiger partial charge in [-0.05, 0) is 48.7 Å². The number of aryl methyl sites for hydroxylation is 1. The second-order valence-electron chi connectivity index (χ2n) is 8.30. The average Bonchev–Trinajstić information content (AvgIpc) is 2.89. The molecule has 1 atom stereocenters. The fraction of sp³-hybridized carbons (Fsp3) is 0.259. The lowest BCUT2D eigenvalue weighted by atomic mass is 10.1. The van der Waals surface area contributed by atoms with Crippen LogP contribution in [-0.4, -0.2) is 44.8 Å². The van der Waals surface area contributed by atoms with Crippen molar-refractivity contribution in [3.05, 3.63) is 95.0 Å². The van der Waals surface area contributed by atoms with Crippen LogP contribution in [0.3, 0.4) is 0 Å². The zero-order chi connectivity index (χ0) is 26.3. The van der Waals surface area contributed by atoms with E-state index in [1.807, 2.05) is 44.2 Å². The van der Waals surface area contributed by atoms with Gasteiger partial charge in [-0.3, -0.25) is 13.9 Å². The first-order valence-electron chi connectivity index (χ1n) is 11.6. The number of benzene rings is 3. The largest absolute Gasteiger partial charge is 0.357 e. The molecule has 0 aliphatic heterocycles. The van der Waals surface area contributed by atoms with Crippen LogP contribution in [0.5, 0.6) is 0 Å². The number of likely N-dealkylation sites (N-methyl/N-ethyl adjacent to an activating group) is 1. The Morgan fingerprint density at radius 1 is 0.972 bits per heavy atom. The fourth-order valence-corrected chi connectivity index (χ4v) is 5.45. The monoisotopic (exact) mass is 527 g/mol. The van der Waals surface area contributed by atoms with E-state index in [0.717, 1.165) is 15.4 Å². The Morgan fingerprint density at radius 2 is 1.58 bits per heavy atom. The molecule has 0 aliphatic rings. The van der Waals surface area contributed by atoms with Gasteiger partial charge in [-0.25, -0.2) is 8.42 Å². The molecule has 36 heavy (non-hydrogen) atoms. The van der Waals surface area contributed by atoms with Crippen LogP contribution < -0.4 is 9.62 Å². The second-order valence-corrected chi connectivity index (χ2v) is 10.6. The van der Waals surface area contributed by atoms with Crippen molar-refractivity contribution in [1.29, 1.82) is 0 Å². The van der Waals surface area contributed by atoms with Crippen molar-refractivity contribution >= 4 is 39.1 Å². The van der Waals surface area contributed by atoms with E-state index >= 15 is 0 Å². The highest BCUT2D eigenvalue weighted by Gasteiger charge is 2.33. The summed E-state index contributed by atoms with van der Waals surface area (Å²) in [5.41, 5.74) is 1.86. The maximum Gasteiger partial charge on any atom is 0.264 e. The van der Waals surface area contributed by atoms with Gasteiger partial charge >= 0.3 is 0 Å². The number of amides is 2. The van der Waals surface area contributed by atoms with Gasteiger partial charge in [-0.2, -0.15) is 0 Å². The van der Waals surface area contributed by atoms with Gasteiger partial charge in [0.05, 0.1) is 10.6 Å². The Morgan fingerprint density at radius 3 is 2.14 bits per heavy atom. The molecule has 0 aromatic heterocycles. The Bertz CT molecular complexity index is 1300. The van der Waals surface area contributed by atoms with E-state index < -0.39 is 28.5 Å². The third kappa shape index (κ3) is 6.25. The first-order chi connectivity index (χ1) is 17.2. The summed E-state index contributed by atoms with van der Waals surface area (Å²) in [7, 11) is -2.61. The number of sulfonamides is 1. The van der Waals surface area contributed by atoms with Gasteiger partial charge in [0.25, 0.3) is 10.0 Å². The maximum absolute atomic E-state index is 13.8. The predicted octanol–water partition coefficient (Wildman–Crippen LogP) is 4.40. The molecule has 1 N–H and O–H groups in total. The lowest BCUT2D eigenvalue weighted by Gasteiger charge is -2.33. The van der Waals surface area contributed by atoms with Crippen molar-refractivity contribution in [2.45, 2.75) is 37.8 Å². The Hall–Kier alpha value is -3.36. The topological polar surface area (TPSA) is 86.8 Å². The molecule has 9 heteroatoms. The highest BCUT2D eigenvalue weighted by Crippen LogP contribution is 2.28. The van der Waals surface area contributed by atoms with Gasteiger partial charge in [-0.15, -0.1) is 0 Å². The summed E-state index contributed by atoms with van der Waals surface area (Å²) < 4.78 is 28.5. The molecule has 0 saturated carbocycles. The number of hydrogen-bond donors (Lipinski definition) is 1. The van der Waals surface area contributed by atoms with Crippen molar-refractivity contribution in [3.8, 4) is 0 Å². The molecule has 0 unspecified atom stereocenters. The molecule has 0 radical (unpaired) electrons. The minimum absolute atomic E-state index is 0.0439. The maximum atomic E-state index is 13.8. The number of nitrogens with zero attached hydrogens (tertiary/aromatic N) is 2. The summed E-state index contributed by atoms with van der Waals surface area (Å²) in [6, 6.07) is 21.3. The van der Waals surface area contributed by atoms with Crippen molar-refractivity contribution in [1.82, 2.24) is 10.2 Å². The number of anilines is 1. The number of carbonyl (C=O) groups is 2. The summed E-state index contributed by atoms with van der Waals surface area (Å²) in [5, 5.41) is 2.99. The van der Waals surface area contributed by atoms with Gasteiger partial charge in [0.15, 0.2) is 0 Å². The first-order valence-corrected chi connectivity index (χ1v) is 13.4. The van der Waals surface area contributed by atoms with Crippen LogP contribution in [0.25, 0.3) is 0 Å². The zero-order valence-corrected chi connectivity index (χ0v) is 22.1. The molecular weight excluding hydrogens is 498 g/mol. The van der Waals surface area contributed by atoms with Gasteiger partial charge in [0.1, 0.15) is 12.6 Å². The standard InChI is InChI=1S/C27H30ClN3O4S/c1-4-25(27(33)29-3)30(18-21-11-7-5-8-12-21)26(32)19-31(22-16-15-20(2)24(28)17-22)36(34,35)23-13-9-6-10-14-23/h5-17,25H,4,18-19H2,1-3H3,(H,29,33)/t25-/m1/s1. The van der Waals surface area contributed by atoms with Crippen molar-refractivity contribution in [2.75, 3.05) is 17.9 Å². The Kier molecular flexibility index (Phi) is 9.12. The van der Waals surface area contributed by atoms with E-state index in [4.69, 9.17) is 11.6 Å². The molecule has 0 saturated heterocycles. The first kappa shape index (κ1) is 27.2. The summed E-state index contributed by atoms with van der Waals surface area (Å²) >= 11 is 6.32. The summed E-state index contributed by atoms with van der Waals surface area (Å²) in [5.74, 6) is -0.830. The Balaban J connectivity index is 2.06. The third-order valence-corrected chi connectivity index (χ3v) is 8.08. The van der Waals surface area contributed by atoms with Gasteiger partial charge in [0, 0.05) is 18.6 Å². The average molecular weight is 528 g/mol. The van der Waals surface area contributed by atoms with Crippen LogP contribution in [-0.2, 0) is 26.2 Å². The van der Waals surface area contributed by atoms with Crippen molar-refractivity contribution in [2.24, 2.45) is 0 Å². The molecule has 3 aromatic rings. The molecule has 0 fully saturated rings. The SMILES string of the molecule is CC[C@H](C(=O)NC)N(Cc1ccccc1)C(=O)CN(c1ccc(C)c(Cl)c1)S(=O)(=O)c1ccccc1. The molecule has 0 bridgehead atoms. The number of halogens is 1. The lowest BCUT2D eigenvalue weighted by molar-refractivity contribution is -0.140. The smallest absolute Gasteiger partial charge is 0.264 e. The zero-order valence-electron chi connectivity index (χ0n) is 20.5. The van der Waals surface area contributed by atoms with E-state index in [2.05, 4.69) is 5.32 Å². The van der Waals surface area contributed by atoms with E-state index in [-0.39, 0.29) is 23.0 Å². The molecule has 3 rings (SSSR count). The minimum atomic E-state index is -4.12. The summed E-state index contributed by atoms with van der Waals surface area (Å²) in [4.78, 5) is 27.9. The highest BCUT2D eigenvalue weighted by atomic mass is 35.5. The lowest BCUT2D eigenvalue weighted by Crippen LogP contribution is -2.51. The highest BCUT2D eigenvalue weighted by molar-refractivity contribution is 7.92. The number of carbonyl (C=O) groups excluding carboxylic acids is 2. The van der Waals surface area contributed by atoms with Crippen molar-refractivity contribution in [3.63, 3.8) is 0 Å². The molecule has 0 aliphatic carbocycles. The van der Waals surface area contributed by atoms with E-state index in [1.165, 1.54) is 30.1 Å². The van der Waals surface area contributed by atoms with Gasteiger partial charge in [0.2, 0.25) is 11.8 Å². The molecule has 0 heterocycles. The fourth-order valence-electron chi connectivity index (χ4n) is 3.85. The van der Waals surface area contributed by atoms with E-state index in [9.17, 15) is 18.0 Å². The van der Waals surface area contributed by atoms with E-state index in [1.54, 1.807) is 30.3 Å². The molecule has 0 spiro atoms. The summed E-state index contributed by atoms with van der Waals surface area (Å²) in [6.07, 6.45) is 0.361. The van der Waals surface area contributed by atoms with E-state index in [0.29, 0.717) is 11.4 Å². The predicted molar refractivity (Wildman–Crippen MR) is 142 cm³/mol. The van der Waals surface area contributed by atoms with Crippen LogP contribution in [0.2, 0.25) is 5.02 Å². The molecule has 2 amide bonds. The number of hydrogen-bond acceptors (Lipinski definition) is 4. The molecular formula is C27H30ClN3O4S. The minimum Gasteiger partial charge on any atom is -0.357 e. The molecule has 7 nitrogen and oxygen atoms in total. The van der Waals surface area contributed by atoms with Crippen LogP contribution in [0.1, 0.15) is 24.5 Å². The molecule has 3 aromatic carbocycles. The normalized spacial score (nSPS) is 12.0. The van der Waals surface area contributed by atoms with Gasteiger partial charge in [-0.1, -0.05) is 73.1 Å². The van der Waals surface area contributed by atoms with Crippen LogP contribution in [0.4, 0.5) is 5.69 Å². The Labute approximate surface area is 217 Å². The molecule has 190 valence electrons. The van der Waals surface area contributed by atoms with Crippen LogP contribution in [0.15, 0.2) is 83.8 Å². The quantitative estimate of drug-likeness (QED) is 0.423. The van der Waals surface area contributed by atoms with Crippen molar-refractivity contribution < 1.29 is 18.0 Å². The van der Waals surface area contributed by atoms with Gasteiger partial charge < -0.3 is 10.2 Å². The number of nitrogens with one attached hydrogen (secondary N) is 1.